The quantitative estimate of drug-likeness (QED) is 0.505. The lowest BCUT2D eigenvalue weighted by molar-refractivity contribution is 1.37. The van der Waals surface area contributed by atoms with E-state index < -0.39 is 0 Å². The standard InChI is InChI=1S/C12H14/c1-2-4-6-8-10-12-11-9-7-5-3-1/h1-6,9-12H,7-8H2/b2-1-,5-3-,6-4-,11-9-,12-10-. The molecule has 62 valence electrons. The molecule has 0 radical (unpaired) electrons. The minimum atomic E-state index is 1.01. The van der Waals surface area contributed by atoms with Crippen molar-refractivity contribution in [3.8, 4) is 0 Å². The van der Waals surface area contributed by atoms with Crippen molar-refractivity contribution in [3.05, 3.63) is 60.8 Å². The summed E-state index contributed by atoms with van der Waals surface area (Å²) < 4.78 is 0. The molecule has 0 spiro atoms. The number of hydrogen-bond donors (Lipinski definition) is 0. The molecule has 0 unspecified atom stereocenters. The normalized spacial score (nSPS) is 30.7. The summed E-state index contributed by atoms with van der Waals surface area (Å²) in [5, 5.41) is 0. The Hall–Kier alpha value is -1.30. The molecule has 1 aliphatic carbocycles. The maximum absolute atomic E-state index is 2.14. The first-order valence-corrected chi connectivity index (χ1v) is 4.30. The van der Waals surface area contributed by atoms with Gasteiger partial charge in [-0.1, -0.05) is 60.8 Å². The Kier molecular flexibility index (Phi) is 4.70. The van der Waals surface area contributed by atoms with Crippen LogP contribution in [0.5, 0.6) is 0 Å². The summed E-state index contributed by atoms with van der Waals surface area (Å²) in [6.07, 6.45) is 23.0. The molecule has 0 heteroatoms. The third-order valence-electron chi connectivity index (χ3n) is 1.53. The first kappa shape index (κ1) is 8.79. The Balaban J connectivity index is 2.55. The van der Waals surface area contributed by atoms with Crippen molar-refractivity contribution >= 4 is 0 Å². The lowest BCUT2D eigenvalue weighted by Crippen LogP contribution is -1.61. The Labute approximate surface area is 74.3 Å². The molecule has 0 heterocycles. The van der Waals surface area contributed by atoms with E-state index in [2.05, 4.69) is 60.8 Å². The smallest absolute Gasteiger partial charge is 0.0163 e. The van der Waals surface area contributed by atoms with E-state index in [-0.39, 0.29) is 0 Å². The molecule has 0 fully saturated rings. The molecule has 0 aromatic heterocycles. The third-order valence-corrected chi connectivity index (χ3v) is 1.53. The topological polar surface area (TPSA) is 0 Å². The maximum atomic E-state index is 2.14. The summed E-state index contributed by atoms with van der Waals surface area (Å²) in [5.74, 6) is 0. The molecule has 0 aliphatic heterocycles. The second kappa shape index (κ2) is 6.41. The van der Waals surface area contributed by atoms with Crippen molar-refractivity contribution in [3.63, 3.8) is 0 Å². The van der Waals surface area contributed by atoms with Crippen LogP contribution in [0.15, 0.2) is 60.8 Å². The van der Waals surface area contributed by atoms with E-state index in [1.165, 1.54) is 0 Å². The zero-order valence-corrected chi connectivity index (χ0v) is 7.19. The van der Waals surface area contributed by atoms with E-state index in [9.17, 15) is 0 Å². The van der Waals surface area contributed by atoms with Gasteiger partial charge >= 0.3 is 0 Å². The largest absolute Gasteiger partial charge is 0.0808 e. The van der Waals surface area contributed by atoms with Gasteiger partial charge in [0.2, 0.25) is 0 Å². The van der Waals surface area contributed by atoms with Gasteiger partial charge in [0.05, 0.1) is 0 Å². The van der Waals surface area contributed by atoms with Crippen molar-refractivity contribution in [1.82, 2.24) is 0 Å². The Morgan fingerprint density at radius 1 is 0.417 bits per heavy atom. The highest BCUT2D eigenvalue weighted by atomic mass is 13.8. The minimum Gasteiger partial charge on any atom is -0.0808 e. The van der Waals surface area contributed by atoms with Gasteiger partial charge in [-0.15, -0.1) is 0 Å². The average molecular weight is 158 g/mol. The fraction of sp³-hybridized carbons (Fsp3) is 0.167. The molecule has 1 rings (SSSR count). The Morgan fingerprint density at radius 2 is 0.750 bits per heavy atom. The molecule has 0 aromatic carbocycles. The number of allylic oxidation sites excluding steroid dienone is 10. The van der Waals surface area contributed by atoms with Crippen molar-refractivity contribution in [1.29, 1.82) is 0 Å². The van der Waals surface area contributed by atoms with E-state index in [0.717, 1.165) is 12.8 Å². The van der Waals surface area contributed by atoms with Crippen LogP contribution in [0.4, 0.5) is 0 Å². The SMILES string of the molecule is C1=C\C=C/C/C=C\C=C/C\C=C/1. The summed E-state index contributed by atoms with van der Waals surface area (Å²) >= 11 is 0. The predicted octanol–water partition coefficient (Wildman–Crippen LogP) is 3.56. The molecule has 0 N–H and O–H groups in total. The summed E-state index contributed by atoms with van der Waals surface area (Å²) in [4.78, 5) is 0. The van der Waals surface area contributed by atoms with Gasteiger partial charge in [0, 0.05) is 0 Å². The van der Waals surface area contributed by atoms with Crippen LogP contribution < -0.4 is 0 Å². The molecule has 0 amide bonds. The van der Waals surface area contributed by atoms with Gasteiger partial charge in [-0.25, -0.2) is 0 Å². The van der Waals surface area contributed by atoms with Crippen LogP contribution in [0, 0.1) is 0 Å². The molecule has 0 bridgehead atoms. The summed E-state index contributed by atoms with van der Waals surface area (Å²) in [7, 11) is 0. The molecular weight excluding hydrogens is 144 g/mol. The second-order valence-corrected chi connectivity index (χ2v) is 2.57. The molecule has 1 aliphatic rings. The Bertz CT molecular complexity index is 211. The Morgan fingerprint density at radius 3 is 1.17 bits per heavy atom. The molecule has 0 saturated heterocycles. The monoisotopic (exact) mass is 158 g/mol. The van der Waals surface area contributed by atoms with E-state index >= 15 is 0 Å². The molecular formula is C12H14. The van der Waals surface area contributed by atoms with Crippen LogP contribution in [0.25, 0.3) is 0 Å². The predicted molar refractivity (Wildman–Crippen MR) is 54.9 cm³/mol. The first-order chi connectivity index (χ1) is 6.00. The molecule has 0 aromatic rings. The first-order valence-electron chi connectivity index (χ1n) is 4.30. The second-order valence-electron chi connectivity index (χ2n) is 2.57. The summed E-state index contributed by atoms with van der Waals surface area (Å²) in [6.45, 7) is 0. The van der Waals surface area contributed by atoms with Gasteiger partial charge in [0.15, 0.2) is 0 Å². The van der Waals surface area contributed by atoms with Crippen LogP contribution >= 0.6 is 0 Å². The molecule has 0 nitrogen and oxygen atoms in total. The van der Waals surface area contributed by atoms with Gasteiger partial charge in [-0.2, -0.15) is 0 Å². The molecule has 12 heavy (non-hydrogen) atoms. The van der Waals surface area contributed by atoms with E-state index in [4.69, 9.17) is 0 Å². The molecule has 0 saturated carbocycles. The van der Waals surface area contributed by atoms with Gasteiger partial charge in [0.1, 0.15) is 0 Å². The van der Waals surface area contributed by atoms with Crippen molar-refractivity contribution in [2.24, 2.45) is 0 Å². The lowest BCUT2D eigenvalue weighted by Gasteiger charge is -1.82. The highest BCUT2D eigenvalue weighted by Gasteiger charge is 1.71. The maximum Gasteiger partial charge on any atom is -0.0163 e. The van der Waals surface area contributed by atoms with Crippen molar-refractivity contribution in [2.45, 2.75) is 12.8 Å². The van der Waals surface area contributed by atoms with Crippen molar-refractivity contribution in [2.75, 3.05) is 0 Å². The highest BCUT2D eigenvalue weighted by molar-refractivity contribution is 5.15. The number of hydrogen-bond acceptors (Lipinski definition) is 0. The van der Waals surface area contributed by atoms with Gasteiger partial charge in [-0.05, 0) is 12.8 Å². The van der Waals surface area contributed by atoms with Crippen LogP contribution in [0.2, 0.25) is 0 Å². The van der Waals surface area contributed by atoms with Crippen molar-refractivity contribution < 1.29 is 0 Å². The summed E-state index contributed by atoms with van der Waals surface area (Å²) in [5.41, 5.74) is 0. The highest BCUT2D eigenvalue weighted by Crippen LogP contribution is 1.93. The van der Waals surface area contributed by atoms with E-state index in [0.29, 0.717) is 0 Å². The van der Waals surface area contributed by atoms with E-state index in [1.54, 1.807) is 0 Å². The van der Waals surface area contributed by atoms with Crippen LogP contribution in [-0.2, 0) is 0 Å². The van der Waals surface area contributed by atoms with Crippen LogP contribution in [-0.4, -0.2) is 0 Å². The minimum absolute atomic E-state index is 1.01. The fourth-order valence-corrected chi connectivity index (χ4v) is 0.914. The lowest BCUT2D eigenvalue weighted by atomic mass is 10.2. The van der Waals surface area contributed by atoms with Crippen LogP contribution in [0.3, 0.4) is 0 Å². The average Bonchev–Trinajstić information content (AvgIpc) is 2.05. The van der Waals surface area contributed by atoms with Crippen LogP contribution in [0.1, 0.15) is 12.8 Å². The number of rotatable bonds is 0. The van der Waals surface area contributed by atoms with Gasteiger partial charge in [0.25, 0.3) is 0 Å². The van der Waals surface area contributed by atoms with Gasteiger partial charge in [-0.3, -0.25) is 0 Å². The van der Waals surface area contributed by atoms with E-state index in [1.807, 2.05) is 0 Å². The fourth-order valence-electron chi connectivity index (χ4n) is 0.914. The third kappa shape index (κ3) is 4.51. The van der Waals surface area contributed by atoms with Gasteiger partial charge < -0.3 is 0 Å². The zero-order chi connectivity index (χ0) is 8.49. The summed E-state index contributed by atoms with van der Waals surface area (Å²) in [6, 6.07) is 0. The zero-order valence-electron chi connectivity index (χ0n) is 7.19. The molecule has 0 atom stereocenters.